The maximum absolute atomic E-state index is 13.7. The average Bonchev–Trinajstić information content (AvgIpc) is 3.52. The standard InChI is InChI=1S/C31H51N3O6/c1-7-9-14-33(15-11-10-13-32(4)5)28(35)20-34-19-24(29(31(36)37)25(34)16-22(3)12-8-2)23-17-26(38-6)30-27(18-23)39-21-40-30/h17-18,22,24-25,29H,7-16,19-21H2,1-6H3,(H,36,37)/t22?,24-,25+,29?/m1/s1. The molecule has 0 bridgehead atoms. The van der Waals surface area contributed by atoms with Crippen molar-refractivity contribution in [3.05, 3.63) is 17.7 Å². The molecule has 0 spiro atoms. The first kappa shape index (κ1) is 32.0. The average molecular weight is 562 g/mol. The zero-order valence-electron chi connectivity index (χ0n) is 25.5. The van der Waals surface area contributed by atoms with E-state index in [-0.39, 0.29) is 31.2 Å². The van der Waals surface area contributed by atoms with Crippen LogP contribution in [-0.4, -0.2) is 98.4 Å². The quantitative estimate of drug-likeness (QED) is 0.274. The summed E-state index contributed by atoms with van der Waals surface area (Å²) in [5.74, 6) is 0.378. The lowest BCUT2D eigenvalue weighted by molar-refractivity contribution is -0.144. The monoisotopic (exact) mass is 561 g/mol. The summed E-state index contributed by atoms with van der Waals surface area (Å²) in [6.07, 6.45) is 6.81. The van der Waals surface area contributed by atoms with Gasteiger partial charge >= 0.3 is 5.97 Å². The van der Waals surface area contributed by atoms with E-state index in [0.717, 1.165) is 70.1 Å². The van der Waals surface area contributed by atoms with Gasteiger partial charge in [-0.15, -0.1) is 0 Å². The number of carbonyl (C=O) groups is 2. The van der Waals surface area contributed by atoms with Gasteiger partial charge in [0.05, 0.1) is 19.6 Å². The molecule has 226 valence electrons. The molecule has 2 unspecified atom stereocenters. The molecular formula is C31H51N3O6. The topological polar surface area (TPSA) is 91.8 Å². The van der Waals surface area contributed by atoms with Gasteiger partial charge in [0.15, 0.2) is 11.5 Å². The predicted molar refractivity (Wildman–Crippen MR) is 156 cm³/mol. The molecule has 9 nitrogen and oxygen atoms in total. The van der Waals surface area contributed by atoms with Crippen LogP contribution in [0.1, 0.15) is 77.2 Å². The Morgan fingerprint density at radius 2 is 1.82 bits per heavy atom. The molecule has 9 heteroatoms. The van der Waals surface area contributed by atoms with Crippen LogP contribution in [0, 0.1) is 11.8 Å². The summed E-state index contributed by atoms with van der Waals surface area (Å²) in [7, 11) is 5.71. The molecule has 1 N–H and O–H groups in total. The number of likely N-dealkylation sites (tertiary alicyclic amines) is 1. The molecule has 0 radical (unpaired) electrons. The second-order valence-electron chi connectivity index (χ2n) is 11.8. The third-order valence-electron chi connectivity index (χ3n) is 8.32. The molecule has 2 aliphatic heterocycles. The number of carboxylic acid groups (broad SMARTS) is 1. The number of benzene rings is 1. The lowest BCUT2D eigenvalue weighted by atomic mass is 9.81. The van der Waals surface area contributed by atoms with Crippen LogP contribution in [0.5, 0.6) is 17.2 Å². The van der Waals surface area contributed by atoms with E-state index in [4.69, 9.17) is 14.2 Å². The molecule has 1 saturated heterocycles. The Hall–Kier alpha value is -2.52. The Morgan fingerprint density at radius 1 is 1.10 bits per heavy atom. The number of amides is 1. The highest BCUT2D eigenvalue weighted by Gasteiger charge is 2.48. The zero-order chi connectivity index (χ0) is 29.2. The van der Waals surface area contributed by atoms with Crippen LogP contribution in [-0.2, 0) is 9.59 Å². The molecule has 1 amide bonds. The first-order chi connectivity index (χ1) is 19.2. The summed E-state index contributed by atoms with van der Waals surface area (Å²) >= 11 is 0. The molecule has 1 aromatic rings. The first-order valence-corrected chi connectivity index (χ1v) is 15.1. The van der Waals surface area contributed by atoms with E-state index in [1.165, 1.54) is 0 Å². The van der Waals surface area contributed by atoms with E-state index in [0.29, 0.717) is 29.7 Å². The number of carboxylic acids is 1. The van der Waals surface area contributed by atoms with Crippen molar-refractivity contribution >= 4 is 11.9 Å². The van der Waals surface area contributed by atoms with Gasteiger partial charge in [-0.05, 0) is 69.9 Å². The Kier molecular flexibility index (Phi) is 12.4. The largest absolute Gasteiger partial charge is 0.493 e. The Bertz CT molecular complexity index is 971. The van der Waals surface area contributed by atoms with Crippen LogP contribution in [0.3, 0.4) is 0 Å². The van der Waals surface area contributed by atoms with Crippen LogP contribution < -0.4 is 14.2 Å². The molecule has 0 aliphatic carbocycles. The molecule has 1 aromatic carbocycles. The highest BCUT2D eigenvalue weighted by Crippen LogP contribution is 2.47. The lowest BCUT2D eigenvalue weighted by Gasteiger charge is -2.31. The third kappa shape index (κ3) is 8.26. The molecular weight excluding hydrogens is 510 g/mol. The van der Waals surface area contributed by atoms with E-state index >= 15 is 0 Å². The van der Waals surface area contributed by atoms with Crippen molar-refractivity contribution in [1.82, 2.24) is 14.7 Å². The van der Waals surface area contributed by atoms with Crippen LogP contribution in [0.4, 0.5) is 0 Å². The minimum absolute atomic E-state index is 0.0968. The highest BCUT2D eigenvalue weighted by atomic mass is 16.7. The summed E-state index contributed by atoms with van der Waals surface area (Å²) in [6.45, 7) is 9.82. The number of carbonyl (C=O) groups excluding carboxylic acids is 1. The molecule has 3 rings (SSSR count). The SMILES string of the molecule is CCCCN(CCCCN(C)C)C(=O)CN1C[C@H](c2cc(OC)c3c(c2)OCO3)C(C(=O)O)[C@@H]1CC(C)CCC. The molecule has 2 heterocycles. The number of methoxy groups -OCH3 is 1. The Balaban J connectivity index is 1.87. The molecule has 1 fully saturated rings. The number of unbranched alkanes of at least 4 members (excludes halogenated alkanes) is 2. The van der Waals surface area contributed by atoms with Gasteiger partial charge < -0.3 is 29.1 Å². The number of ether oxygens (including phenoxy) is 3. The summed E-state index contributed by atoms with van der Waals surface area (Å²) in [6, 6.07) is 3.54. The summed E-state index contributed by atoms with van der Waals surface area (Å²) < 4.78 is 16.8. The number of fused-ring (bicyclic) bond motifs is 1. The van der Waals surface area contributed by atoms with Crippen molar-refractivity contribution in [2.75, 3.05) is 60.7 Å². The normalized spacial score (nSPS) is 21.1. The van der Waals surface area contributed by atoms with Gasteiger partial charge in [0, 0.05) is 31.6 Å². The van der Waals surface area contributed by atoms with Crippen molar-refractivity contribution in [2.45, 2.75) is 77.7 Å². The minimum atomic E-state index is -0.822. The summed E-state index contributed by atoms with van der Waals surface area (Å²) in [4.78, 5) is 32.9. The van der Waals surface area contributed by atoms with E-state index in [2.05, 4.69) is 44.7 Å². The number of aliphatic carboxylic acids is 1. The second-order valence-corrected chi connectivity index (χ2v) is 11.8. The van der Waals surface area contributed by atoms with Gasteiger partial charge in [0.2, 0.25) is 18.4 Å². The van der Waals surface area contributed by atoms with Crippen molar-refractivity contribution in [1.29, 1.82) is 0 Å². The molecule has 40 heavy (non-hydrogen) atoms. The van der Waals surface area contributed by atoms with Gasteiger partial charge in [0.1, 0.15) is 0 Å². The minimum Gasteiger partial charge on any atom is -0.493 e. The van der Waals surface area contributed by atoms with E-state index in [9.17, 15) is 14.7 Å². The summed E-state index contributed by atoms with van der Waals surface area (Å²) in [5.41, 5.74) is 0.850. The van der Waals surface area contributed by atoms with E-state index in [1.807, 2.05) is 17.0 Å². The van der Waals surface area contributed by atoms with Crippen LogP contribution in [0.2, 0.25) is 0 Å². The van der Waals surface area contributed by atoms with Gasteiger partial charge in [-0.3, -0.25) is 14.5 Å². The maximum atomic E-state index is 13.7. The number of hydrogen-bond acceptors (Lipinski definition) is 7. The van der Waals surface area contributed by atoms with Crippen LogP contribution in [0.25, 0.3) is 0 Å². The van der Waals surface area contributed by atoms with Gasteiger partial charge in [-0.1, -0.05) is 40.0 Å². The van der Waals surface area contributed by atoms with Crippen molar-refractivity contribution in [3.8, 4) is 17.2 Å². The smallest absolute Gasteiger partial charge is 0.308 e. The number of hydrogen-bond donors (Lipinski definition) is 1. The van der Waals surface area contributed by atoms with Crippen molar-refractivity contribution in [3.63, 3.8) is 0 Å². The fourth-order valence-corrected chi connectivity index (χ4v) is 6.23. The Labute approximate surface area is 240 Å². The van der Waals surface area contributed by atoms with E-state index < -0.39 is 11.9 Å². The molecule has 2 aliphatic rings. The second kappa shape index (κ2) is 15.5. The van der Waals surface area contributed by atoms with Crippen molar-refractivity contribution in [2.24, 2.45) is 11.8 Å². The molecule has 4 atom stereocenters. The van der Waals surface area contributed by atoms with Gasteiger partial charge in [-0.2, -0.15) is 0 Å². The molecule has 0 aromatic heterocycles. The fraction of sp³-hybridized carbons (Fsp3) is 0.742. The van der Waals surface area contributed by atoms with Gasteiger partial charge in [0.25, 0.3) is 0 Å². The number of nitrogens with zero attached hydrogens (tertiary/aromatic N) is 3. The number of rotatable bonds is 17. The van der Waals surface area contributed by atoms with Crippen molar-refractivity contribution < 1.29 is 28.9 Å². The van der Waals surface area contributed by atoms with Crippen LogP contribution in [0.15, 0.2) is 12.1 Å². The summed E-state index contributed by atoms with van der Waals surface area (Å²) in [5, 5.41) is 10.5. The Morgan fingerprint density at radius 3 is 2.48 bits per heavy atom. The predicted octanol–water partition coefficient (Wildman–Crippen LogP) is 4.69. The van der Waals surface area contributed by atoms with E-state index in [1.54, 1.807) is 7.11 Å². The zero-order valence-corrected chi connectivity index (χ0v) is 25.5. The highest BCUT2D eigenvalue weighted by molar-refractivity contribution is 5.79. The lowest BCUT2D eigenvalue weighted by Crippen LogP contribution is -2.45. The first-order valence-electron chi connectivity index (χ1n) is 15.1. The van der Waals surface area contributed by atoms with Crippen LogP contribution >= 0.6 is 0 Å². The molecule has 0 saturated carbocycles. The fourth-order valence-electron chi connectivity index (χ4n) is 6.23. The maximum Gasteiger partial charge on any atom is 0.308 e. The third-order valence-corrected chi connectivity index (χ3v) is 8.32. The van der Waals surface area contributed by atoms with Gasteiger partial charge in [-0.25, -0.2) is 0 Å².